The first-order valence-corrected chi connectivity index (χ1v) is 13.3. The Balaban J connectivity index is 1.59. The van der Waals surface area contributed by atoms with Gasteiger partial charge in [-0.1, -0.05) is 32.6 Å². The van der Waals surface area contributed by atoms with Gasteiger partial charge in [-0.25, -0.2) is 4.79 Å². The van der Waals surface area contributed by atoms with Crippen LogP contribution in [0.2, 0.25) is 0 Å². The minimum atomic E-state index is -1.31. The molecule has 0 radical (unpaired) electrons. The number of hydrogen-bond donors (Lipinski definition) is 1. The second kappa shape index (κ2) is 8.90. The molecule has 0 bridgehead atoms. The maximum absolute atomic E-state index is 13.8. The number of carbonyl (C=O) groups is 4. The number of hydrogen-bond acceptors (Lipinski definition) is 7. The summed E-state index contributed by atoms with van der Waals surface area (Å²) in [7, 11) is 0. The molecule has 2 heterocycles. The molecule has 9 unspecified atom stereocenters. The van der Waals surface area contributed by atoms with Crippen molar-refractivity contribution < 1.29 is 33.8 Å². The number of aliphatic hydroxyl groups is 1. The molecular weight excluding hydrogens is 472 g/mol. The highest BCUT2D eigenvalue weighted by atomic mass is 16.6. The second-order valence-corrected chi connectivity index (χ2v) is 11.9. The highest BCUT2D eigenvalue weighted by Crippen LogP contribution is 2.61. The molecule has 37 heavy (non-hydrogen) atoms. The number of carbonyl (C=O) groups excluding carboxylic acids is 4. The highest BCUT2D eigenvalue weighted by Gasteiger charge is 2.66. The fraction of sp³-hybridized carbons (Fsp3) is 0.600. The number of ketones is 2. The van der Waals surface area contributed by atoms with Gasteiger partial charge in [0.2, 0.25) is 0 Å². The van der Waals surface area contributed by atoms with Crippen LogP contribution in [0.4, 0.5) is 0 Å². The first-order chi connectivity index (χ1) is 17.4. The minimum Gasteiger partial charge on any atom is -0.461 e. The lowest BCUT2D eigenvalue weighted by molar-refractivity contribution is -0.151. The van der Waals surface area contributed by atoms with E-state index in [-0.39, 0.29) is 59.8 Å². The van der Waals surface area contributed by atoms with E-state index >= 15 is 0 Å². The molecule has 1 N–H and O–H groups in total. The van der Waals surface area contributed by atoms with Gasteiger partial charge in [-0.15, -0.1) is 0 Å². The Labute approximate surface area is 217 Å². The van der Waals surface area contributed by atoms with Crippen molar-refractivity contribution in [2.75, 3.05) is 0 Å². The van der Waals surface area contributed by atoms with Crippen LogP contribution in [-0.4, -0.2) is 46.4 Å². The van der Waals surface area contributed by atoms with Crippen LogP contribution in [0, 0.1) is 35.0 Å². The molecule has 0 aromatic rings. The summed E-state index contributed by atoms with van der Waals surface area (Å²) in [4.78, 5) is 50.7. The van der Waals surface area contributed by atoms with Crippen LogP contribution in [0.15, 0.2) is 47.6 Å². The molecular formula is C30H36O7. The molecule has 1 saturated carbocycles. The van der Waals surface area contributed by atoms with Gasteiger partial charge in [0.1, 0.15) is 17.6 Å². The lowest BCUT2D eigenvalue weighted by Gasteiger charge is -2.48. The minimum absolute atomic E-state index is 0.0365. The summed E-state index contributed by atoms with van der Waals surface area (Å²) in [5.74, 6) is -2.17. The molecule has 5 aliphatic rings. The molecule has 0 aromatic carbocycles. The molecule has 9 atom stereocenters. The van der Waals surface area contributed by atoms with Gasteiger partial charge in [-0.3, -0.25) is 14.4 Å². The molecule has 3 aliphatic carbocycles. The van der Waals surface area contributed by atoms with E-state index in [4.69, 9.17) is 9.47 Å². The largest absolute Gasteiger partial charge is 0.461 e. The van der Waals surface area contributed by atoms with Gasteiger partial charge >= 0.3 is 11.9 Å². The average molecular weight is 509 g/mol. The van der Waals surface area contributed by atoms with Gasteiger partial charge < -0.3 is 14.6 Å². The lowest BCUT2D eigenvalue weighted by Crippen LogP contribution is -2.53. The number of esters is 2. The van der Waals surface area contributed by atoms with E-state index in [0.717, 1.165) is 5.57 Å². The van der Waals surface area contributed by atoms with Crippen molar-refractivity contribution in [3.63, 3.8) is 0 Å². The first-order valence-electron chi connectivity index (χ1n) is 13.3. The van der Waals surface area contributed by atoms with Crippen LogP contribution in [0.25, 0.3) is 0 Å². The molecule has 2 aliphatic heterocycles. The normalized spacial score (nSPS) is 43.2. The van der Waals surface area contributed by atoms with Crippen molar-refractivity contribution in [2.45, 2.75) is 77.6 Å². The number of fused-ring (bicyclic) bond motifs is 4. The maximum atomic E-state index is 13.8. The summed E-state index contributed by atoms with van der Waals surface area (Å²) >= 11 is 0. The van der Waals surface area contributed by atoms with Crippen molar-refractivity contribution >= 4 is 23.5 Å². The van der Waals surface area contributed by atoms with E-state index in [1.54, 1.807) is 12.2 Å². The topological polar surface area (TPSA) is 107 Å². The van der Waals surface area contributed by atoms with Gasteiger partial charge in [-0.2, -0.15) is 0 Å². The number of allylic oxidation sites excluding steroid dienone is 4. The Morgan fingerprint density at radius 3 is 2.51 bits per heavy atom. The Bertz CT molecular complexity index is 1170. The van der Waals surface area contributed by atoms with Crippen molar-refractivity contribution in [1.29, 1.82) is 0 Å². The first kappa shape index (κ1) is 25.8. The van der Waals surface area contributed by atoms with Crippen molar-refractivity contribution in [3.8, 4) is 0 Å². The fourth-order valence-corrected chi connectivity index (χ4v) is 7.69. The number of ether oxygens (including phenoxy) is 2. The van der Waals surface area contributed by atoms with E-state index in [1.807, 2.05) is 13.0 Å². The van der Waals surface area contributed by atoms with Gasteiger partial charge in [-0.05, 0) is 81.4 Å². The predicted octanol–water partition coefficient (Wildman–Crippen LogP) is 3.81. The van der Waals surface area contributed by atoms with Crippen LogP contribution in [0.3, 0.4) is 0 Å². The molecule has 7 heteroatoms. The van der Waals surface area contributed by atoms with Crippen LogP contribution in [-0.2, 0) is 28.7 Å². The summed E-state index contributed by atoms with van der Waals surface area (Å²) in [6.45, 7) is 10.9. The molecule has 0 amide bonds. The third-order valence-electron chi connectivity index (χ3n) is 9.77. The van der Waals surface area contributed by atoms with Crippen molar-refractivity contribution in [1.82, 2.24) is 0 Å². The Morgan fingerprint density at radius 2 is 1.84 bits per heavy atom. The Hall–Kier alpha value is -2.80. The van der Waals surface area contributed by atoms with Crippen LogP contribution in [0.5, 0.6) is 0 Å². The van der Waals surface area contributed by atoms with E-state index in [1.165, 1.54) is 13.8 Å². The molecule has 7 nitrogen and oxygen atoms in total. The third kappa shape index (κ3) is 3.89. The Morgan fingerprint density at radius 1 is 1.11 bits per heavy atom. The van der Waals surface area contributed by atoms with Gasteiger partial charge in [0.15, 0.2) is 11.6 Å². The zero-order chi connectivity index (χ0) is 26.9. The summed E-state index contributed by atoms with van der Waals surface area (Å²) in [6, 6.07) is 0. The average Bonchev–Trinajstić information content (AvgIpc) is 3.09. The Kier molecular flexibility index (Phi) is 6.21. The van der Waals surface area contributed by atoms with Crippen LogP contribution >= 0.6 is 0 Å². The second-order valence-electron chi connectivity index (χ2n) is 11.9. The highest BCUT2D eigenvalue weighted by molar-refractivity contribution is 6.03. The maximum Gasteiger partial charge on any atom is 0.334 e. The number of rotatable bonds is 3. The quantitative estimate of drug-likeness (QED) is 0.456. The van der Waals surface area contributed by atoms with Gasteiger partial charge in [0.05, 0.1) is 5.60 Å². The number of Topliss-reactive ketones (excluding diaryl/α,β-unsaturated/α-hetero) is 1. The standard InChI is InChI=1S/C30H36O7/c1-15-10-26-23(9-8-20(15)7-6-17(3)31)29(28(34)37-26)13-21-12-22-18(4)27(33)36-25(22)11-16(2)30(21,35)14-24(29)19(5)32/h6-8,14-16,21-23,25-26,35H,4,9-13H2,1-3,5H3/b7-6-. The lowest BCUT2D eigenvalue weighted by atomic mass is 9.54. The fourth-order valence-electron chi connectivity index (χ4n) is 7.69. The third-order valence-corrected chi connectivity index (χ3v) is 9.77. The molecule has 1 spiro atoms. The molecule has 3 fully saturated rings. The van der Waals surface area contributed by atoms with Gasteiger partial charge in [0.25, 0.3) is 0 Å². The summed E-state index contributed by atoms with van der Waals surface area (Å²) in [5.41, 5.74) is -0.724. The monoisotopic (exact) mass is 508 g/mol. The van der Waals surface area contributed by atoms with Crippen LogP contribution in [0.1, 0.15) is 59.8 Å². The summed E-state index contributed by atoms with van der Waals surface area (Å²) < 4.78 is 11.6. The smallest absolute Gasteiger partial charge is 0.334 e. The van der Waals surface area contributed by atoms with Crippen molar-refractivity contribution in [2.24, 2.45) is 35.0 Å². The molecule has 2 saturated heterocycles. The SMILES string of the molecule is C=C1C(=O)OC2CC(C)C3(O)C=C(C(C)=O)C4(CC3CC12)C(=O)OC1CC(C)C(/C=C\C(C)=O)=CCC14. The molecule has 198 valence electrons. The van der Waals surface area contributed by atoms with E-state index < -0.39 is 23.0 Å². The van der Waals surface area contributed by atoms with E-state index in [2.05, 4.69) is 19.6 Å². The van der Waals surface area contributed by atoms with Crippen molar-refractivity contribution in [3.05, 3.63) is 47.6 Å². The van der Waals surface area contributed by atoms with Crippen LogP contribution < -0.4 is 0 Å². The zero-order valence-corrected chi connectivity index (χ0v) is 22.0. The molecule has 5 rings (SSSR count). The predicted molar refractivity (Wildman–Crippen MR) is 135 cm³/mol. The zero-order valence-electron chi connectivity index (χ0n) is 22.0. The van der Waals surface area contributed by atoms with E-state index in [9.17, 15) is 24.3 Å². The van der Waals surface area contributed by atoms with Gasteiger partial charge in [0, 0.05) is 23.0 Å². The summed E-state index contributed by atoms with van der Waals surface area (Å²) in [5, 5.41) is 12.0. The van der Waals surface area contributed by atoms with E-state index in [0.29, 0.717) is 36.8 Å². The summed E-state index contributed by atoms with van der Waals surface area (Å²) in [6.07, 6.45) is 8.64. The molecule has 0 aromatic heterocycles.